The zero-order valence-electron chi connectivity index (χ0n) is 15.0. The predicted molar refractivity (Wildman–Crippen MR) is 105 cm³/mol. The highest BCUT2D eigenvalue weighted by molar-refractivity contribution is 5.99. The first kappa shape index (κ1) is 16.9. The van der Waals surface area contributed by atoms with Crippen molar-refractivity contribution >= 4 is 10.8 Å². The predicted octanol–water partition coefficient (Wildman–Crippen LogP) is 4.56. The second-order valence-electron chi connectivity index (χ2n) is 6.93. The smallest absolute Gasteiger partial charge is 0.131 e. The van der Waals surface area contributed by atoms with Gasteiger partial charge >= 0.3 is 0 Å². The lowest BCUT2D eigenvalue weighted by atomic mass is 9.93. The van der Waals surface area contributed by atoms with Gasteiger partial charge in [-0.05, 0) is 42.7 Å². The van der Waals surface area contributed by atoms with E-state index < -0.39 is 0 Å². The molecule has 1 aliphatic rings. The molecule has 0 unspecified atom stereocenters. The van der Waals surface area contributed by atoms with Crippen molar-refractivity contribution < 1.29 is 9.47 Å². The van der Waals surface area contributed by atoms with Gasteiger partial charge in [0.25, 0.3) is 0 Å². The van der Waals surface area contributed by atoms with Gasteiger partial charge in [0.05, 0.1) is 13.2 Å². The van der Waals surface area contributed by atoms with Crippen molar-refractivity contribution in [3.8, 4) is 22.6 Å². The molecule has 0 spiro atoms. The van der Waals surface area contributed by atoms with Crippen LogP contribution in [-0.4, -0.2) is 24.2 Å². The van der Waals surface area contributed by atoms with E-state index in [1.807, 2.05) is 36.7 Å². The Morgan fingerprint density at radius 3 is 2.46 bits per heavy atom. The highest BCUT2D eigenvalue weighted by Crippen LogP contribution is 2.37. The standard InChI is InChI=1S/C22H24N2O2/c1-25-22-12-18(26-17-9-7-16(23)8-10-17)11-19-20(13-24-14-21(19)22)15-5-3-2-4-6-15/h2-6,11-14,16-17H,7-10,23H2,1H3/t16-,17-. The van der Waals surface area contributed by atoms with Gasteiger partial charge in [0.1, 0.15) is 11.5 Å². The van der Waals surface area contributed by atoms with Crippen LogP contribution in [0.5, 0.6) is 11.5 Å². The van der Waals surface area contributed by atoms with Gasteiger partial charge in [-0.2, -0.15) is 0 Å². The monoisotopic (exact) mass is 348 g/mol. The molecule has 0 atom stereocenters. The van der Waals surface area contributed by atoms with Crippen LogP contribution in [0, 0.1) is 0 Å². The molecule has 1 fully saturated rings. The molecular formula is C22H24N2O2. The van der Waals surface area contributed by atoms with Crippen LogP contribution in [0.2, 0.25) is 0 Å². The zero-order valence-corrected chi connectivity index (χ0v) is 15.0. The van der Waals surface area contributed by atoms with E-state index in [2.05, 4.69) is 23.2 Å². The summed E-state index contributed by atoms with van der Waals surface area (Å²) in [5.74, 6) is 1.63. The molecule has 0 aliphatic heterocycles. The zero-order chi connectivity index (χ0) is 17.9. The summed E-state index contributed by atoms with van der Waals surface area (Å²) in [6, 6.07) is 14.7. The third-order valence-electron chi connectivity index (χ3n) is 5.14. The molecule has 134 valence electrons. The van der Waals surface area contributed by atoms with Crippen LogP contribution in [0.1, 0.15) is 25.7 Å². The van der Waals surface area contributed by atoms with Gasteiger partial charge in [-0.3, -0.25) is 4.98 Å². The Kier molecular flexibility index (Phi) is 4.76. The molecule has 2 aromatic carbocycles. The summed E-state index contributed by atoms with van der Waals surface area (Å²) < 4.78 is 11.9. The van der Waals surface area contributed by atoms with Gasteiger partial charge in [-0.15, -0.1) is 0 Å². The lowest BCUT2D eigenvalue weighted by Crippen LogP contribution is -2.31. The quantitative estimate of drug-likeness (QED) is 0.751. The fourth-order valence-electron chi connectivity index (χ4n) is 3.70. The van der Waals surface area contributed by atoms with Crippen molar-refractivity contribution in [2.24, 2.45) is 5.73 Å². The van der Waals surface area contributed by atoms with E-state index in [1.54, 1.807) is 7.11 Å². The van der Waals surface area contributed by atoms with Gasteiger partial charge < -0.3 is 15.2 Å². The Hall–Kier alpha value is -2.59. The average Bonchev–Trinajstić information content (AvgIpc) is 2.69. The number of hydrogen-bond acceptors (Lipinski definition) is 4. The molecule has 3 aromatic rings. The first-order valence-corrected chi connectivity index (χ1v) is 9.18. The van der Waals surface area contributed by atoms with Gasteiger partial charge in [0, 0.05) is 35.5 Å². The first-order chi connectivity index (χ1) is 12.7. The molecule has 4 rings (SSSR count). The SMILES string of the molecule is COc1cc(O[C@H]2CC[C@H](N)CC2)cc2c(-c3ccccc3)cncc12. The summed E-state index contributed by atoms with van der Waals surface area (Å²) in [5, 5.41) is 2.08. The number of nitrogens with zero attached hydrogens (tertiary/aromatic N) is 1. The van der Waals surface area contributed by atoms with E-state index in [4.69, 9.17) is 15.2 Å². The van der Waals surface area contributed by atoms with Crippen LogP contribution in [-0.2, 0) is 0 Å². The van der Waals surface area contributed by atoms with E-state index in [-0.39, 0.29) is 6.10 Å². The molecule has 4 heteroatoms. The van der Waals surface area contributed by atoms with Crippen molar-refractivity contribution in [3.05, 3.63) is 54.9 Å². The summed E-state index contributed by atoms with van der Waals surface area (Å²) in [5.41, 5.74) is 8.23. The summed E-state index contributed by atoms with van der Waals surface area (Å²) in [4.78, 5) is 4.42. The Bertz CT molecular complexity index is 887. The molecule has 1 aromatic heterocycles. The van der Waals surface area contributed by atoms with Gasteiger partial charge in [0.15, 0.2) is 0 Å². The molecule has 1 saturated carbocycles. The summed E-state index contributed by atoms with van der Waals surface area (Å²) in [7, 11) is 1.69. The normalized spacial score (nSPS) is 20.1. The third kappa shape index (κ3) is 3.37. The number of methoxy groups -OCH3 is 1. The third-order valence-corrected chi connectivity index (χ3v) is 5.14. The maximum Gasteiger partial charge on any atom is 0.131 e. The van der Waals surface area contributed by atoms with Crippen LogP contribution >= 0.6 is 0 Å². The molecule has 0 bridgehead atoms. The van der Waals surface area contributed by atoms with E-state index in [9.17, 15) is 0 Å². The first-order valence-electron chi connectivity index (χ1n) is 9.18. The summed E-state index contributed by atoms with van der Waals surface area (Å²) in [6.07, 6.45) is 8.03. The minimum Gasteiger partial charge on any atom is -0.496 e. The Morgan fingerprint density at radius 1 is 0.962 bits per heavy atom. The maximum absolute atomic E-state index is 6.29. The Morgan fingerprint density at radius 2 is 1.73 bits per heavy atom. The van der Waals surface area contributed by atoms with E-state index >= 15 is 0 Å². The lowest BCUT2D eigenvalue weighted by Gasteiger charge is -2.27. The number of nitrogens with two attached hydrogens (primary N) is 1. The molecule has 26 heavy (non-hydrogen) atoms. The molecule has 0 amide bonds. The Balaban J connectivity index is 1.75. The second-order valence-corrected chi connectivity index (χ2v) is 6.93. The fraction of sp³-hybridized carbons (Fsp3) is 0.318. The van der Waals surface area contributed by atoms with Crippen molar-refractivity contribution in [2.45, 2.75) is 37.8 Å². The minimum absolute atomic E-state index is 0.221. The maximum atomic E-state index is 6.29. The van der Waals surface area contributed by atoms with Crippen LogP contribution in [0.25, 0.3) is 21.9 Å². The van der Waals surface area contributed by atoms with E-state index in [0.29, 0.717) is 6.04 Å². The number of pyridine rings is 1. The second kappa shape index (κ2) is 7.34. The van der Waals surface area contributed by atoms with Crippen LogP contribution in [0.15, 0.2) is 54.9 Å². The number of benzene rings is 2. The van der Waals surface area contributed by atoms with Crippen molar-refractivity contribution in [3.63, 3.8) is 0 Å². The number of rotatable bonds is 4. The van der Waals surface area contributed by atoms with E-state index in [1.165, 1.54) is 0 Å². The molecule has 1 heterocycles. The number of aromatic nitrogens is 1. The fourth-order valence-corrected chi connectivity index (χ4v) is 3.70. The van der Waals surface area contributed by atoms with Crippen molar-refractivity contribution in [1.82, 2.24) is 4.98 Å². The highest BCUT2D eigenvalue weighted by Gasteiger charge is 2.20. The van der Waals surface area contributed by atoms with Crippen molar-refractivity contribution in [1.29, 1.82) is 0 Å². The highest BCUT2D eigenvalue weighted by atomic mass is 16.5. The number of ether oxygens (including phenoxy) is 2. The molecule has 1 aliphatic carbocycles. The van der Waals surface area contributed by atoms with Gasteiger partial charge in [0.2, 0.25) is 0 Å². The lowest BCUT2D eigenvalue weighted by molar-refractivity contribution is 0.147. The summed E-state index contributed by atoms with van der Waals surface area (Å²) in [6.45, 7) is 0. The van der Waals surface area contributed by atoms with Crippen LogP contribution < -0.4 is 15.2 Å². The molecule has 0 radical (unpaired) electrons. The molecular weight excluding hydrogens is 324 g/mol. The van der Waals surface area contributed by atoms with E-state index in [0.717, 1.165) is 59.1 Å². The largest absolute Gasteiger partial charge is 0.496 e. The number of hydrogen-bond donors (Lipinski definition) is 1. The van der Waals surface area contributed by atoms with Crippen LogP contribution in [0.4, 0.5) is 0 Å². The average molecular weight is 348 g/mol. The molecule has 0 saturated heterocycles. The topological polar surface area (TPSA) is 57.4 Å². The van der Waals surface area contributed by atoms with Gasteiger partial charge in [-0.25, -0.2) is 0 Å². The molecule has 2 N–H and O–H groups in total. The van der Waals surface area contributed by atoms with Gasteiger partial charge in [-0.1, -0.05) is 30.3 Å². The van der Waals surface area contributed by atoms with Crippen molar-refractivity contribution in [2.75, 3.05) is 7.11 Å². The van der Waals surface area contributed by atoms with Crippen LogP contribution in [0.3, 0.4) is 0 Å². The summed E-state index contributed by atoms with van der Waals surface area (Å²) >= 11 is 0. The molecule has 4 nitrogen and oxygen atoms in total. The Labute approximate surface area is 154 Å². The number of fused-ring (bicyclic) bond motifs is 1. The minimum atomic E-state index is 0.221.